The Kier molecular flexibility index (Phi) is 8.57. The van der Waals surface area contributed by atoms with Crippen molar-refractivity contribution in [2.45, 2.75) is 44.2 Å². The van der Waals surface area contributed by atoms with Crippen LogP contribution in [0.4, 0.5) is 0 Å². The molecule has 0 aromatic carbocycles. The minimum absolute atomic E-state index is 0.00939. The van der Waals surface area contributed by atoms with Crippen LogP contribution in [0.3, 0.4) is 0 Å². The highest BCUT2D eigenvalue weighted by Gasteiger charge is 2.32. The largest absolute Gasteiger partial charge is 0.394 e. The monoisotopic (exact) mass is 267 g/mol. The first-order chi connectivity index (χ1) is 7.95. The lowest BCUT2D eigenvalue weighted by atomic mass is 10.0. The van der Waals surface area contributed by atoms with E-state index in [1.54, 1.807) is 0 Å². The molecule has 0 aliphatic rings. The molecule has 17 heavy (non-hydrogen) atoms. The Balaban J connectivity index is 4.18. The van der Waals surface area contributed by atoms with Crippen molar-refractivity contribution in [3.63, 3.8) is 0 Å². The van der Waals surface area contributed by atoms with Gasteiger partial charge < -0.3 is 30.8 Å². The fourth-order valence-corrected chi connectivity index (χ4v) is 1.41. The minimum atomic E-state index is -1.65. The average Bonchev–Trinajstić information content (AvgIpc) is 2.35. The fraction of sp³-hybridized carbons (Fsp3) is 0.900. The molecule has 6 N–H and O–H groups in total. The molecular weight excluding hydrogens is 246 g/mol. The number of hydrogen-bond acceptors (Lipinski definition) is 6. The highest BCUT2D eigenvalue weighted by atomic mass is 32.1. The second-order valence-electron chi connectivity index (χ2n) is 3.82. The average molecular weight is 267 g/mol. The maximum absolute atomic E-state index is 9.59. The molecule has 0 amide bonds. The molecule has 0 fully saturated rings. The number of thiocarbonyl (C=S) groups is 1. The lowest BCUT2D eigenvalue weighted by Crippen LogP contribution is -2.51. The van der Waals surface area contributed by atoms with Gasteiger partial charge in [-0.05, 0) is 6.42 Å². The summed E-state index contributed by atoms with van der Waals surface area (Å²) in [5.74, 6) is 0. The molecule has 0 unspecified atom stereocenters. The summed E-state index contributed by atoms with van der Waals surface area (Å²) in [6.45, 7) is 1.86. The van der Waals surface area contributed by atoms with Crippen molar-refractivity contribution in [2.24, 2.45) is 0 Å². The molecule has 4 atom stereocenters. The van der Waals surface area contributed by atoms with Crippen molar-refractivity contribution < 1.29 is 25.5 Å². The van der Waals surface area contributed by atoms with Crippen LogP contribution in [0.5, 0.6) is 0 Å². The molecule has 0 bridgehead atoms. The van der Waals surface area contributed by atoms with Crippen molar-refractivity contribution in [1.82, 2.24) is 5.32 Å². The van der Waals surface area contributed by atoms with Crippen molar-refractivity contribution >= 4 is 17.2 Å². The van der Waals surface area contributed by atoms with Gasteiger partial charge in [0.05, 0.1) is 6.61 Å². The third-order valence-corrected chi connectivity index (χ3v) is 2.74. The number of nitrogens with one attached hydrogen (secondary N) is 1. The molecule has 0 aromatic rings. The van der Waals surface area contributed by atoms with Crippen molar-refractivity contribution in [3.8, 4) is 0 Å². The number of aliphatic hydroxyl groups is 5. The van der Waals surface area contributed by atoms with Gasteiger partial charge in [0, 0.05) is 6.54 Å². The second kappa shape index (κ2) is 8.73. The first-order valence-corrected chi connectivity index (χ1v) is 5.97. The first-order valence-electron chi connectivity index (χ1n) is 5.56. The molecule has 0 heterocycles. The first kappa shape index (κ1) is 16.7. The normalized spacial score (nSPS) is 18.2. The number of unbranched alkanes of at least 4 members (excludes halogenated alkanes) is 1. The maximum Gasteiger partial charge on any atom is 0.132 e. The van der Waals surface area contributed by atoms with Gasteiger partial charge in [0.1, 0.15) is 29.4 Å². The van der Waals surface area contributed by atoms with Crippen molar-refractivity contribution in [2.75, 3.05) is 13.2 Å². The Bertz CT molecular complexity index is 229. The predicted octanol–water partition coefficient (Wildman–Crippen LogP) is -1.86. The smallest absolute Gasteiger partial charge is 0.132 e. The Morgan fingerprint density at radius 2 is 1.76 bits per heavy atom. The quantitative estimate of drug-likeness (QED) is 0.226. The topological polar surface area (TPSA) is 113 Å². The van der Waals surface area contributed by atoms with Crippen LogP contribution < -0.4 is 5.32 Å². The molecular formula is C10H21NO5S. The second-order valence-corrected chi connectivity index (χ2v) is 4.26. The molecule has 102 valence electrons. The SMILES string of the molecule is CCCCNC(=S)[C@H](O)[C@@H](O)[C@H](O)[C@H](O)CO. The molecule has 0 saturated heterocycles. The van der Waals surface area contributed by atoms with Gasteiger partial charge >= 0.3 is 0 Å². The molecule has 6 nitrogen and oxygen atoms in total. The van der Waals surface area contributed by atoms with Crippen LogP contribution in [0.15, 0.2) is 0 Å². The summed E-state index contributed by atoms with van der Waals surface area (Å²) in [6, 6.07) is 0. The van der Waals surface area contributed by atoms with Gasteiger partial charge in [0.25, 0.3) is 0 Å². The molecule has 0 spiro atoms. The maximum atomic E-state index is 9.59. The molecule has 0 rings (SSSR count). The van der Waals surface area contributed by atoms with E-state index in [1.807, 2.05) is 6.92 Å². The zero-order valence-corrected chi connectivity index (χ0v) is 10.6. The van der Waals surface area contributed by atoms with Gasteiger partial charge in [0.2, 0.25) is 0 Å². The summed E-state index contributed by atoms with van der Waals surface area (Å²) >= 11 is 4.83. The molecule has 0 aromatic heterocycles. The van der Waals surface area contributed by atoms with E-state index in [2.05, 4.69) is 5.32 Å². The summed E-state index contributed by atoms with van der Waals surface area (Å²) < 4.78 is 0. The molecule has 0 radical (unpaired) electrons. The van der Waals surface area contributed by atoms with E-state index in [1.165, 1.54) is 0 Å². The zero-order chi connectivity index (χ0) is 13.4. The lowest BCUT2D eigenvalue weighted by molar-refractivity contribution is -0.101. The fourth-order valence-electron chi connectivity index (χ4n) is 1.17. The standard InChI is InChI=1S/C10H21NO5S/c1-2-3-4-11-10(17)9(16)8(15)7(14)6(13)5-12/h6-9,12-16H,2-5H2,1H3,(H,11,17)/t6-,7-,8+,9-/m1/s1. The Hall–Kier alpha value is -0.310. The Morgan fingerprint density at radius 1 is 1.18 bits per heavy atom. The predicted molar refractivity (Wildman–Crippen MR) is 66.6 cm³/mol. The highest BCUT2D eigenvalue weighted by molar-refractivity contribution is 7.80. The van der Waals surface area contributed by atoms with Crippen LogP contribution in [0.2, 0.25) is 0 Å². The molecule has 0 saturated carbocycles. The minimum Gasteiger partial charge on any atom is -0.394 e. The number of aliphatic hydroxyl groups excluding tert-OH is 5. The van der Waals surface area contributed by atoms with Crippen LogP contribution in [-0.4, -0.2) is 68.1 Å². The van der Waals surface area contributed by atoms with Gasteiger partial charge in [-0.3, -0.25) is 0 Å². The summed E-state index contributed by atoms with van der Waals surface area (Å²) in [6.07, 6.45) is -4.46. The van der Waals surface area contributed by atoms with Crippen LogP contribution in [0.25, 0.3) is 0 Å². The van der Waals surface area contributed by atoms with E-state index in [4.69, 9.17) is 22.4 Å². The van der Waals surface area contributed by atoms with Gasteiger partial charge in [-0.15, -0.1) is 0 Å². The molecule has 0 aliphatic heterocycles. The summed E-state index contributed by atoms with van der Waals surface area (Å²) in [5, 5.41) is 48.9. The van der Waals surface area contributed by atoms with E-state index in [9.17, 15) is 15.3 Å². The zero-order valence-electron chi connectivity index (χ0n) is 9.78. The van der Waals surface area contributed by atoms with Crippen LogP contribution >= 0.6 is 12.2 Å². The number of rotatable bonds is 8. The van der Waals surface area contributed by atoms with Gasteiger partial charge in [0.15, 0.2) is 0 Å². The third-order valence-electron chi connectivity index (χ3n) is 2.35. The van der Waals surface area contributed by atoms with Crippen molar-refractivity contribution in [1.29, 1.82) is 0 Å². The van der Waals surface area contributed by atoms with Gasteiger partial charge in [-0.25, -0.2) is 0 Å². The van der Waals surface area contributed by atoms with Crippen LogP contribution in [0, 0.1) is 0 Å². The van der Waals surface area contributed by atoms with Gasteiger partial charge in [-0.2, -0.15) is 0 Å². The summed E-state index contributed by atoms with van der Waals surface area (Å²) in [5.41, 5.74) is 0. The lowest BCUT2D eigenvalue weighted by Gasteiger charge is -2.26. The van der Waals surface area contributed by atoms with Gasteiger partial charge in [-0.1, -0.05) is 25.6 Å². The Morgan fingerprint density at radius 3 is 2.24 bits per heavy atom. The Labute approximate surface area is 106 Å². The van der Waals surface area contributed by atoms with E-state index in [-0.39, 0.29) is 4.99 Å². The van der Waals surface area contributed by atoms with E-state index < -0.39 is 31.0 Å². The van der Waals surface area contributed by atoms with E-state index in [0.29, 0.717) is 6.54 Å². The summed E-state index contributed by atoms with van der Waals surface area (Å²) in [4.78, 5) is 0.00939. The van der Waals surface area contributed by atoms with Crippen LogP contribution in [-0.2, 0) is 0 Å². The van der Waals surface area contributed by atoms with Crippen molar-refractivity contribution in [3.05, 3.63) is 0 Å². The summed E-state index contributed by atoms with van der Waals surface area (Å²) in [7, 11) is 0. The van der Waals surface area contributed by atoms with Crippen LogP contribution in [0.1, 0.15) is 19.8 Å². The molecule has 7 heteroatoms. The van der Waals surface area contributed by atoms with E-state index >= 15 is 0 Å². The number of hydrogen-bond donors (Lipinski definition) is 6. The highest BCUT2D eigenvalue weighted by Crippen LogP contribution is 2.06. The van der Waals surface area contributed by atoms with E-state index in [0.717, 1.165) is 12.8 Å². The molecule has 0 aliphatic carbocycles. The third kappa shape index (κ3) is 5.71.